The van der Waals surface area contributed by atoms with Crippen LogP contribution in [-0.2, 0) is 9.53 Å². The number of hydrogen-bond acceptors (Lipinski definition) is 4. The third-order valence-electron chi connectivity index (χ3n) is 2.17. The molecule has 0 aliphatic rings. The Kier molecular flexibility index (Phi) is 5.01. The fraction of sp³-hybridized carbons (Fsp3) is 0.500. The van der Waals surface area contributed by atoms with Gasteiger partial charge in [0, 0.05) is 6.54 Å². The summed E-state index contributed by atoms with van der Waals surface area (Å²) in [5, 5.41) is 3.16. The van der Waals surface area contributed by atoms with Crippen molar-refractivity contribution in [1.82, 2.24) is 0 Å². The minimum Gasteiger partial charge on any atom is -0.495 e. The molecule has 100 valence electrons. The maximum Gasteiger partial charge on any atom is 0.308 e. The second-order valence-electron chi connectivity index (χ2n) is 4.96. The molecule has 0 saturated heterocycles. The van der Waals surface area contributed by atoms with Crippen LogP contribution in [0.25, 0.3) is 0 Å². The average molecular weight is 251 g/mol. The van der Waals surface area contributed by atoms with Crippen LogP contribution in [0.3, 0.4) is 0 Å². The molecule has 0 heterocycles. The average Bonchev–Trinajstić information content (AvgIpc) is 2.27. The number of nitrogens with one attached hydrogen (secondary N) is 1. The largest absolute Gasteiger partial charge is 0.495 e. The Morgan fingerprint density at radius 3 is 2.56 bits per heavy atom. The highest BCUT2D eigenvalue weighted by Crippen LogP contribution is 2.22. The van der Waals surface area contributed by atoms with Gasteiger partial charge in [0.25, 0.3) is 0 Å². The monoisotopic (exact) mass is 251 g/mol. The van der Waals surface area contributed by atoms with E-state index >= 15 is 0 Å². The van der Waals surface area contributed by atoms with Gasteiger partial charge in [0.05, 0.1) is 19.2 Å². The van der Waals surface area contributed by atoms with E-state index < -0.39 is 5.60 Å². The van der Waals surface area contributed by atoms with Gasteiger partial charge in [-0.3, -0.25) is 4.79 Å². The van der Waals surface area contributed by atoms with Crippen LogP contribution >= 0.6 is 0 Å². The fourth-order valence-electron chi connectivity index (χ4n) is 1.48. The van der Waals surface area contributed by atoms with Crippen LogP contribution in [0.4, 0.5) is 5.69 Å². The predicted octanol–water partition coefficient (Wildman–Crippen LogP) is 2.84. The summed E-state index contributed by atoms with van der Waals surface area (Å²) in [5.41, 5.74) is 0.449. The predicted molar refractivity (Wildman–Crippen MR) is 71.9 cm³/mol. The van der Waals surface area contributed by atoms with Crippen LogP contribution in [0.2, 0.25) is 0 Å². The second-order valence-corrected chi connectivity index (χ2v) is 4.96. The van der Waals surface area contributed by atoms with E-state index in [9.17, 15) is 4.79 Å². The lowest BCUT2D eigenvalue weighted by Crippen LogP contribution is -2.25. The zero-order chi connectivity index (χ0) is 13.6. The molecule has 0 saturated carbocycles. The SMILES string of the molecule is COc1ccccc1NCCC(=O)OC(C)(C)C. The molecule has 1 aromatic rings. The van der Waals surface area contributed by atoms with E-state index in [1.165, 1.54) is 0 Å². The van der Waals surface area contributed by atoms with E-state index in [0.717, 1.165) is 11.4 Å². The van der Waals surface area contributed by atoms with Gasteiger partial charge in [-0.15, -0.1) is 0 Å². The summed E-state index contributed by atoms with van der Waals surface area (Å²) in [6.45, 7) is 6.10. The van der Waals surface area contributed by atoms with Gasteiger partial charge in [-0.25, -0.2) is 0 Å². The van der Waals surface area contributed by atoms with Crippen molar-refractivity contribution in [3.05, 3.63) is 24.3 Å². The van der Waals surface area contributed by atoms with E-state index in [1.54, 1.807) is 7.11 Å². The fourth-order valence-corrected chi connectivity index (χ4v) is 1.48. The molecule has 0 amide bonds. The zero-order valence-electron chi connectivity index (χ0n) is 11.4. The molecule has 0 unspecified atom stereocenters. The van der Waals surface area contributed by atoms with Crippen molar-refractivity contribution in [3.8, 4) is 5.75 Å². The minimum absolute atomic E-state index is 0.204. The van der Waals surface area contributed by atoms with E-state index in [0.29, 0.717) is 13.0 Å². The minimum atomic E-state index is -0.429. The molecule has 0 atom stereocenters. The Morgan fingerprint density at radius 2 is 1.94 bits per heavy atom. The third-order valence-corrected chi connectivity index (χ3v) is 2.17. The van der Waals surface area contributed by atoms with Gasteiger partial charge in [0.15, 0.2) is 0 Å². The molecular weight excluding hydrogens is 230 g/mol. The molecule has 0 fully saturated rings. The smallest absolute Gasteiger partial charge is 0.308 e. The molecule has 1 N–H and O–H groups in total. The van der Waals surface area contributed by atoms with Gasteiger partial charge in [-0.1, -0.05) is 12.1 Å². The van der Waals surface area contributed by atoms with E-state index in [1.807, 2.05) is 45.0 Å². The standard InChI is InChI=1S/C14H21NO3/c1-14(2,3)18-13(16)9-10-15-11-7-5-6-8-12(11)17-4/h5-8,15H,9-10H2,1-4H3. The second kappa shape index (κ2) is 6.28. The molecule has 0 bridgehead atoms. The summed E-state index contributed by atoms with van der Waals surface area (Å²) in [6, 6.07) is 7.60. The highest BCUT2D eigenvalue weighted by atomic mass is 16.6. The Labute approximate surface area is 108 Å². The molecule has 0 spiro atoms. The summed E-state index contributed by atoms with van der Waals surface area (Å²) in [7, 11) is 1.62. The molecule has 0 aromatic heterocycles. The van der Waals surface area contributed by atoms with Crippen molar-refractivity contribution < 1.29 is 14.3 Å². The van der Waals surface area contributed by atoms with Gasteiger partial charge >= 0.3 is 5.97 Å². The molecule has 4 nitrogen and oxygen atoms in total. The molecule has 0 aliphatic carbocycles. The first-order valence-corrected chi connectivity index (χ1v) is 6.01. The first-order valence-electron chi connectivity index (χ1n) is 6.01. The van der Waals surface area contributed by atoms with Crippen LogP contribution in [-0.4, -0.2) is 25.2 Å². The number of para-hydroxylation sites is 2. The Bertz CT molecular complexity index is 396. The lowest BCUT2D eigenvalue weighted by Gasteiger charge is -2.19. The van der Waals surface area contributed by atoms with Gasteiger partial charge in [-0.05, 0) is 32.9 Å². The van der Waals surface area contributed by atoms with Crippen molar-refractivity contribution in [1.29, 1.82) is 0 Å². The van der Waals surface area contributed by atoms with Crippen LogP contribution in [0.1, 0.15) is 27.2 Å². The lowest BCUT2D eigenvalue weighted by atomic mass is 10.2. The van der Waals surface area contributed by atoms with Crippen LogP contribution in [0.5, 0.6) is 5.75 Å². The number of carbonyl (C=O) groups is 1. The highest BCUT2D eigenvalue weighted by molar-refractivity contribution is 5.70. The van der Waals surface area contributed by atoms with E-state index in [-0.39, 0.29) is 5.97 Å². The Hall–Kier alpha value is -1.71. The number of carbonyl (C=O) groups excluding carboxylic acids is 1. The van der Waals surface area contributed by atoms with Gasteiger partial charge in [0.1, 0.15) is 11.4 Å². The number of methoxy groups -OCH3 is 1. The maximum atomic E-state index is 11.5. The molecule has 4 heteroatoms. The van der Waals surface area contributed by atoms with Crippen molar-refractivity contribution in [2.24, 2.45) is 0 Å². The summed E-state index contributed by atoms with van der Waals surface area (Å²) in [6.07, 6.45) is 0.329. The van der Waals surface area contributed by atoms with Gasteiger partial charge < -0.3 is 14.8 Å². The first kappa shape index (κ1) is 14.4. The molecule has 0 aliphatic heterocycles. The lowest BCUT2D eigenvalue weighted by molar-refractivity contribution is -0.154. The highest BCUT2D eigenvalue weighted by Gasteiger charge is 2.15. The number of hydrogen-bond donors (Lipinski definition) is 1. The van der Waals surface area contributed by atoms with E-state index in [2.05, 4.69) is 5.32 Å². The van der Waals surface area contributed by atoms with Crippen LogP contribution < -0.4 is 10.1 Å². The Balaban J connectivity index is 2.40. The third kappa shape index (κ3) is 5.08. The molecule has 1 aromatic carbocycles. The number of benzene rings is 1. The number of anilines is 1. The zero-order valence-corrected chi connectivity index (χ0v) is 11.4. The molecular formula is C14H21NO3. The molecule has 18 heavy (non-hydrogen) atoms. The number of rotatable bonds is 5. The molecule has 1 rings (SSSR count). The van der Waals surface area contributed by atoms with Crippen LogP contribution in [0, 0.1) is 0 Å². The van der Waals surface area contributed by atoms with Gasteiger partial charge in [-0.2, -0.15) is 0 Å². The summed E-state index contributed by atoms with van der Waals surface area (Å²) < 4.78 is 10.4. The quantitative estimate of drug-likeness (QED) is 0.817. The van der Waals surface area contributed by atoms with Crippen molar-refractivity contribution in [2.45, 2.75) is 32.8 Å². The number of esters is 1. The summed E-state index contributed by atoms with van der Waals surface area (Å²) in [4.78, 5) is 11.5. The van der Waals surface area contributed by atoms with Crippen molar-refractivity contribution in [2.75, 3.05) is 19.0 Å². The number of ether oxygens (including phenoxy) is 2. The summed E-state index contributed by atoms with van der Waals surface area (Å²) in [5.74, 6) is 0.562. The topological polar surface area (TPSA) is 47.6 Å². The maximum absolute atomic E-state index is 11.5. The first-order chi connectivity index (χ1) is 8.42. The van der Waals surface area contributed by atoms with E-state index in [4.69, 9.17) is 9.47 Å². The van der Waals surface area contributed by atoms with Crippen molar-refractivity contribution >= 4 is 11.7 Å². The van der Waals surface area contributed by atoms with Gasteiger partial charge in [0.2, 0.25) is 0 Å². The molecule has 0 radical (unpaired) electrons. The van der Waals surface area contributed by atoms with Crippen LogP contribution in [0.15, 0.2) is 24.3 Å². The normalized spacial score (nSPS) is 10.9. The Morgan fingerprint density at radius 1 is 1.28 bits per heavy atom. The van der Waals surface area contributed by atoms with Crippen molar-refractivity contribution in [3.63, 3.8) is 0 Å². The summed E-state index contributed by atoms with van der Waals surface area (Å²) >= 11 is 0.